The van der Waals surface area contributed by atoms with Crippen molar-refractivity contribution in [3.8, 4) is 0 Å². The third-order valence-corrected chi connectivity index (χ3v) is 2.05. The van der Waals surface area contributed by atoms with E-state index in [2.05, 4.69) is 0 Å². The number of halogens is 2. The van der Waals surface area contributed by atoms with Gasteiger partial charge in [0.15, 0.2) is 0 Å². The lowest BCUT2D eigenvalue weighted by Gasteiger charge is -2.13. The molecule has 1 aromatic carbocycles. The van der Waals surface area contributed by atoms with Crippen molar-refractivity contribution in [1.82, 2.24) is 0 Å². The number of benzene rings is 1. The fourth-order valence-electron chi connectivity index (χ4n) is 1.13. The second-order valence-corrected chi connectivity index (χ2v) is 3.10. The summed E-state index contributed by atoms with van der Waals surface area (Å²) in [5, 5.41) is 0.338. The fourth-order valence-corrected chi connectivity index (χ4v) is 1.43. The Morgan fingerprint density at radius 2 is 2.31 bits per heavy atom. The number of ether oxygens (including phenoxy) is 1. The molecule has 0 amide bonds. The molecule has 4 heteroatoms. The fraction of sp³-hybridized carbons (Fsp3) is 0.333. The summed E-state index contributed by atoms with van der Waals surface area (Å²) in [7, 11) is 1.51. The van der Waals surface area contributed by atoms with Crippen LogP contribution >= 0.6 is 11.6 Å². The van der Waals surface area contributed by atoms with Gasteiger partial charge in [0.2, 0.25) is 0 Å². The Balaban J connectivity index is 2.98. The van der Waals surface area contributed by atoms with Gasteiger partial charge in [0.25, 0.3) is 0 Å². The lowest BCUT2D eigenvalue weighted by atomic mass is 10.1. The molecule has 1 aromatic rings. The van der Waals surface area contributed by atoms with E-state index in [9.17, 15) is 4.39 Å². The van der Waals surface area contributed by atoms with Gasteiger partial charge in [-0.1, -0.05) is 17.7 Å². The summed E-state index contributed by atoms with van der Waals surface area (Å²) in [5.41, 5.74) is 5.97. The van der Waals surface area contributed by atoms with E-state index in [0.717, 1.165) is 0 Å². The normalized spacial score (nSPS) is 12.9. The summed E-state index contributed by atoms with van der Waals surface area (Å²) < 4.78 is 18.0. The van der Waals surface area contributed by atoms with Crippen LogP contribution in [0.4, 0.5) is 4.39 Å². The molecule has 0 aliphatic heterocycles. The van der Waals surface area contributed by atoms with E-state index < -0.39 is 11.9 Å². The van der Waals surface area contributed by atoms with E-state index >= 15 is 0 Å². The molecule has 0 unspecified atom stereocenters. The maximum atomic E-state index is 13.2. The number of hydrogen-bond acceptors (Lipinski definition) is 2. The van der Waals surface area contributed by atoms with Gasteiger partial charge in [-0.3, -0.25) is 0 Å². The summed E-state index contributed by atoms with van der Waals surface area (Å²) >= 11 is 5.78. The van der Waals surface area contributed by atoms with Crippen LogP contribution in [0.2, 0.25) is 5.02 Å². The van der Waals surface area contributed by atoms with Gasteiger partial charge >= 0.3 is 0 Å². The topological polar surface area (TPSA) is 35.2 Å². The lowest BCUT2D eigenvalue weighted by Crippen LogP contribution is -2.18. The molecule has 0 aromatic heterocycles. The summed E-state index contributed by atoms with van der Waals surface area (Å²) in [4.78, 5) is 0. The Kier molecular flexibility index (Phi) is 3.66. The average molecular weight is 204 g/mol. The smallest absolute Gasteiger partial charge is 0.129 e. The first-order valence-corrected chi connectivity index (χ1v) is 4.23. The molecule has 0 bridgehead atoms. The molecule has 1 atom stereocenters. The summed E-state index contributed by atoms with van der Waals surface area (Å²) in [6.45, 7) is 0.251. The van der Waals surface area contributed by atoms with Gasteiger partial charge in [-0.25, -0.2) is 4.39 Å². The average Bonchev–Trinajstić information content (AvgIpc) is 2.04. The zero-order valence-corrected chi connectivity index (χ0v) is 8.01. The SMILES string of the molecule is COC[C@H](N)c1c(F)cccc1Cl. The van der Waals surface area contributed by atoms with Crippen molar-refractivity contribution < 1.29 is 9.13 Å². The van der Waals surface area contributed by atoms with Crippen molar-refractivity contribution in [2.75, 3.05) is 13.7 Å². The van der Waals surface area contributed by atoms with Crippen molar-refractivity contribution >= 4 is 11.6 Å². The van der Waals surface area contributed by atoms with Crippen molar-refractivity contribution in [1.29, 1.82) is 0 Å². The first-order chi connectivity index (χ1) is 6.16. The van der Waals surface area contributed by atoms with Crippen molar-refractivity contribution in [3.63, 3.8) is 0 Å². The molecule has 72 valence electrons. The minimum absolute atomic E-state index is 0.251. The highest BCUT2D eigenvalue weighted by atomic mass is 35.5. The number of rotatable bonds is 3. The Hall–Kier alpha value is -0.640. The van der Waals surface area contributed by atoms with Gasteiger partial charge in [0.05, 0.1) is 12.6 Å². The van der Waals surface area contributed by atoms with Crippen molar-refractivity contribution in [3.05, 3.63) is 34.6 Å². The Labute approximate surface area is 81.4 Å². The summed E-state index contributed by atoms with van der Waals surface area (Å²) in [6.07, 6.45) is 0. The molecule has 2 nitrogen and oxygen atoms in total. The van der Waals surface area contributed by atoms with Crippen LogP contribution in [0.3, 0.4) is 0 Å². The lowest BCUT2D eigenvalue weighted by molar-refractivity contribution is 0.179. The van der Waals surface area contributed by atoms with Crippen LogP contribution in [0.25, 0.3) is 0 Å². The molecular formula is C9H11ClFNO. The second-order valence-electron chi connectivity index (χ2n) is 2.70. The van der Waals surface area contributed by atoms with E-state index in [-0.39, 0.29) is 6.61 Å². The van der Waals surface area contributed by atoms with E-state index in [4.69, 9.17) is 22.1 Å². The zero-order chi connectivity index (χ0) is 9.84. The molecule has 1 rings (SSSR count). The largest absolute Gasteiger partial charge is 0.383 e. The number of hydrogen-bond donors (Lipinski definition) is 1. The van der Waals surface area contributed by atoms with E-state index in [1.807, 2.05) is 0 Å². The van der Waals surface area contributed by atoms with Crippen LogP contribution < -0.4 is 5.73 Å². The molecule has 0 aliphatic carbocycles. The highest BCUT2D eigenvalue weighted by molar-refractivity contribution is 6.31. The standard InChI is InChI=1S/C9H11ClFNO/c1-13-5-8(12)9-6(10)3-2-4-7(9)11/h2-4,8H,5,12H2,1H3/t8-/m0/s1. The van der Waals surface area contributed by atoms with Crippen LogP contribution in [0.5, 0.6) is 0 Å². The van der Waals surface area contributed by atoms with Crippen LogP contribution in [-0.2, 0) is 4.74 Å². The highest BCUT2D eigenvalue weighted by Crippen LogP contribution is 2.24. The van der Waals surface area contributed by atoms with Crippen LogP contribution in [0.1, 0.15) is 11.6 Å². The number of nitrogens with two attached hydrogens (primary N) is 1. The first-order valence-electron chi connectivity index (χ1n) is 3.85. The molecule has 13 heavy (non-hydrogen) atoms. The van der Waals surface area contributed by atoms with Crippen LogP contribution in [0, 0.1) is 5.82 Å². The minimum atomic E-state index is -0.515. The van der Waals surface area contributed by atoms with Crippen molar-refractivity contribution in [2.24, 2.45) is 5.73 Å². The second kappa shape index (κ2) is 4.56. The van der Waals surface area contributed by atoms with Gasteiger partial charge in [-0.2, -0.15) is 0 Å². The predicted molar refractivity (Wildman–Crippen MR) is 50.2 cm³/mol. The maximum Gasteiger partial charge on any atom is 0.129 e. The molecule has 0 fully saturated rings. The maximum absolute atomic E-state index is 13.2. The quantitative estimate of drug-likeness (QED) is 0.817. The van der Waals surface area contributed by atoms with Gasteiger partial charge in [0, 0.05) is 17.7 Å². The Morgan fingerprint density at radius 1 is 1.62 bits per heavy atom. The highest BCUT2D eigenvalue weighted by Gasteiger charge is 2.14. The van der Waals surface area contributed by atoms with Gasteiger partial charge in [0.1, 0.15) is 5.82 Å². The van der Waals surface area contributed by atoms with Crippen LogP contribution in [-0.4, -0.2) is 13.7 Å². The molecule has 0 saturated heterocycles. The monoisotopic (exact) mass is 203 g/mol. The van der Waals surface area contributed by atoms with Crippen LogP contribution in [0.15, 0.2) is 18.2 Å². The zero-order valence-electron chi connectivity index (χ0n) is 7.26. The Morgan fingerprint density at radius 3 is 2.85 bits per heavy atom. The summed E-state index contributed by atoms with van der Waals surface area (Å²) in [5.74, 6) is -0.392. The van der Waals surface area contributed by atoms with E-state index in [1.165, 1.54) is 13.2 Å². The third kappa shape index (κ3) is 2.40. The number of methoxy groups -OCH3 is 1. The van der Waals surface area contributed by atoms with Gasteiger partial charge < -0.3 is 10.5 Å². The molecule has 2 N–H and O–H groups in total. The van der Waals surface area contributed by atoms with Gasteiger partial charge in [-0.05, 0) is 12.1 Å². The Bertz CT molecular complexity index is 273. The predicted octanol–water partition coefficient (Wildman–Crippen LogP) is 2.13. The molecule has 0 aliphatic rings. The summed E-state index contributed by atoms with van der Waals surface area (Å²) in [6, 6.07) is 3.96. The van der Waals surface area contributed by atoms with E-state index in [1.54, 1.807) is 12.1 Å². The molecular weight excluding hydrogens is 193 g/mol. The molecule has 0 saturated carbocycles. The van der Waals surface area contributed by atoms with Gasteiger partial charge in [-0.15, -0.1) is 0 Å². The van der Waals surface area contributed by atoms with Crippen molar-refractivity contribution in [2.45, 2.75) is 6.04 Å². The first kappa shape index (κ1) is 10.4. The van der Waals surface area contributed by atoms with E-state index in [0.29, 0.717) is 10.6 Å². The third-order valence-electron chi connectivity index (χ3n) is 1.72. The molecule has 0 radical (unpaired) electrons. The minimum Gasteiger partial charge on any atom is -0.383 e. The molecule has 0 spiro atoms. The molecule has 0 heterocycles.